The van der Waals surface area contributed by atoms with Crippen molar-refractivity contribution < 1.29 is 31.5 Å². The van der Waals surface area contributed by atoms with Crippen LogP contribution in [0.1, 0.15) is 20.7 Å². The molecule has 10 heteroatoms. The van der Waals surface area contributed by atoms with Crippen LogP contribution in [0.25, 0.3) is 0 Å². The van der Waals surface area contributed by atoms with Gasteiger partial charge in [0.15, 0.2) is 24.0 Å². The molecule has 0 spiro atoms. The number of rotatable bonds is 6. The summed E-state index contributed by atoms with van der Waals surface area (Å²) in [6.07, 6.45) is 0. The van der Waals surface area contributed by atoms with E-state index in [1.165, 1.54) is 19.2 Å². The van der Waals surface area contributed by atoms with E-state index in [9.17, 15) is 26.8 Å². The number of ether oxygens (including phenoxy) is 1. The van der Waals surface area contributed by atoms with Crippen molar-refractivity contribution >= 4 is 33.4 Å². The summed E-state index contributed by atoms with van der Waals surface area (Å²) >= 11 is 5.86. The summed E-state index contributed by atoms with van der Waals surface area (Å²) in [4.78, 5) is 23.8. The van der Waals surface area contributed by atoms with E-state index in [2.05, 4.69) is 4.72 Å². The first-order valence-corrected chi connectivity index (χ1v) is 8.90. The maximum absolute atomic E-state index is 13.1. The summed E-state index contributed by atoms with van der Waals surface area (Å²) in [6, 6.07) is 5.88. The van der Waals surface area contributed by atoms with Gasteiger partial charge < -0.3 is 4.74 Å². The Kier molecular flexibility index (Phi) is 6.06. The summed E-state index contributed by atoms with van der Waals surface area (Å²) in [6.45, 7) is -0.761. The van der Waals surface area contributed by atoms with E-state index in [0.29, 0.717) is 6.07 Å². The van der Waals surface area contributed by atoms with E-state index in [0.717, 1.165) is 18.2 Å². The fourth-order valence-electron chi connectivity index (χ4n) is 1.91. The second-order valence-electron chi connectivity index (χ2n) is 4.98. The molecule has 0 aliphatic heterocycles. The monoisotopic (exact) mass is 403 g/mol. The standard InChI is InChI=1S/C16H12ClF2NO5S/c1-20-26(23,24)10-3-4-12(17)11(7-10)16(22)25-8-15(21)9-2-5-13(18)14(19)6-9/h2-7,20H,8H2,1H3. The summed E-state index contributed by atoms with van der Waals surface area (Å²) < 4.78 is 56.4. The van der Waals surface area contributed by atoms with Gasteiger partial charge in [0.2, 0.25) is 10.0 Å². The quantitative estimate of drug-likeness (QED) is 0.591. The Labute approximate surface area is 152 Å². The van der Waals surface area contributed by atoms with Crippen LogP contribution in [0.2, 0.25) is 5.02 Å². The molecule has 0 atom stereocenters. The molecule has 0 unspecified atom stereocenters. The lowest BCUT2D eigenvalue weighted by Crippen LogP contribution is -2.20. The van der Waals surface area contributed by atoms with Crippen molar-refractivity contribution in [2.45, 2.75) is 4.90 Å². The van der Waals surface area contributed by atoms with Gasteiger partial charge in [0.1, 0.15) is 0 Å². The number of Topliss-reactive ketones (excluding diaryl/α,β-unsaturated/α-hetero) is 1. The van der Waals surface area contributed by atoms with Crippen LogP contribution in [0.4, 0.5) is 8.78 Å². The molecule has 0 fully saturated rings. The van der Waals surface area contributed by atoms with Gasteiger partial charge in [0.25, 0.3) is 0 Å². The van der Waals surface area contributed by atoms with Crippen molar-refractivity contribution in [3.8, 4) is 0 Å². The van der Waals surface area contributed by atoms with Crippen molar-refractivity contribution in [1.82, 2.24) is 4.72 Å². The summed E-state index contributed by atoms with van der Waals surface area (Å²) in [7, 11) is -2.62. The zero-order valence-electron chi connectivity index (χ0n) is 13.3. The van der Waals surface area contributed by atoms with Crippen LogP contribution in [-0.2, 0) is 14.8 Å². The highest BCUT2D eigenvalue weighted by Crippen LogP contribution is 2.21. The number of hydrogen-bond donors (Lipinski definition) is 1. The van der Waals surface area contributed by atoms with Crippen LogP contribution in [-0.4, -0.2) is 33.8 Å². The van der Waals surface area contributed by atoms with Gasteiger partial charge in [-0.25, -0.2) is 26.7 Å². The van der Waals surface area contributed by atoms with Crippen LogP contribution in [0, 0.1) is 11.6 Å². The van der Waals surface area contributed by atoms with Gasteiger partial charge in [-0.3, -0.25) is 4.79 Å². The average molecular weight is 404 g/mol. The Morgan fingerprint density at radius 2 is 1.81 bits per heavy atom. The second kappa shape index (κ2) is 7.90. The van der Waals surface area contributed by atoms with E-state index in [1.807, 2.05) is 0 Å². The smallest absolute Gasteiger partial charge is 0.340 e. The van der Waals surface area contributed by atoms with E-state index < -0.39 is 40.0 Å². The molecule has 6 nitrogen and oxygen atoms in total. The number of ketones is 1. The zero-order valence-corrected chi connectivity index (χ0v) is 14.8. The largest absolute Gasteiger partial charge is 0.454 e. The first kappa shape index (κ1) is 20.0. The minimum Gasteiger partial charge on any atom is -0.454 e. The average Bonchev–Trinajstić information content (AvgIpc) is 2.61. The lowest BCUT2D eigenvalue weighted by molar-refractivity contribution is 0.0474. The van der Waals surface area contributed by atoms with Crippen molar-refractivity contribution in [3.63, 3.8) is 0 Å². The van der Waals surface area contributed by atoms with Crippen LogP contribution in [0.5, 0.6) is 0 Å². The fraction of sp³-hybridized carbons (Fsp3) is 0.125. The number of halogens is 3. The Bertz CT molecular complexity index is 979. The van der Waals surface area contributed by atoms with Gasteiger partial charge in [0, 0.05) is 5.56 Å². The molecule has 0 saturated carbocycles. The van der Waals surface area contributed by atoms with E-state index in [1.54, 1.807) is 0 Å². The topological polar surface area (TPSA) is 89.5 Å². The summed E-state index contributed by atoms with van der Waals surface area (Å²) in [5.74, 6) is -4.14. The number of hydrogen-bond acceptors (Lipinski definition) is 5. The van der Waals surface area contributed by atoms with E-state index in [-0.39, 0.29) is 21.0 Å². The molecule has 0 amide bonds. The van der Waals surface area contributed by atoms with Crippen LogP contribution < -0.4 is 4.72 Å². The second-order valence-corrected chi connectivity index (χ2v) is 7.27. The SMILES string of the molecule is CNS(=O)(=O)c1ccc(Cl)c(C(=O)OCC(=O)c2ccc(F)c(F)c2)c1. The molecule has 2 aromatic carbocycles. The lowest BCUT2D eigenvalue weighted by Gasteiger charge is -2.08. The zero-order chi connectivity index (χ0) is 19.5. The molecule has 1 N–H and O–H groups in total. The summed E-state index contributed by atoms with van der Waals surface area (Å²) in [5.41, 5.74) is -0.449. The van der Waals surface area contributed by atoms with Crippen molar-refractivity contribution in [1.29, 1.82) is 0 Å². The predicted molar refractivity (Wildman–Crippen MR) is 88.7 cm³/mol. The van der Waals surface area contributed by atoms with Gasteiger partial charge in [0.05, 0.1) is 15.5 Å². The van der Waals surface area contributed by atoms with Gasteiger partial charge in [-0.2, -0.15) is 0 Å². The molecule has 0 heterocycles. The van der Waals surface area contributed by atoms with Gasteiger partial charge in [-0.15, -0.1) is 0 Å². The Morgan fingerprint density at radius 3 is 2.42 bits per heavy atom. The van der Waals surface area contributed by atoms with Gasteiger partial charge in [-0.1, -0.05) is 11.6 Å². The molecule has 2 aromatic rings. The number of benzene rings is 2. The number of carbonyl (C=O) groups excluding carboxylic acids is 2. The minimum absolute atomic E-state index is 0.0784. The molecule has 0 aromatic heterocycles. The third-order valence-electron chi connectivity index (χ3n) is 3.31. The number of nitrogens with one attached hydrogen (secondary N) is 1. The van der Waals surface area contributed by atoms with Gasteiger partial charge >= 0.3 is 5.97 Å². The van der Waals surface area contributed by atoms with Crippen molar-refractivity contribution in [2.24, 2.45) is 0 Å². The highest BCUT2D eigenvalue weighted by molar-refractivity contribution is 7.89. The number of esters is 1. The molecule has 0 radical (unpaired) electrons. The maximum Gasteiger partial charge on any atom is 0.340 e. The molecule has 138 valence electrons. The number of sulfonamides is 1. The van der Waals surface area contributed by atoms with Crippen LogP contribution in [0.3, 0.4) is 0 Å². The van der Waals surface area contributed by atoms with Crippen molar-refractivity contribution in [3.05, 3.63) is 64.2 Å². The molecule has 0 bridgehead atoms. The normalized spacial score (nSPS) is 11.2. The molecular weight excluding hydrogens is 392 g/mol. The molecule has 0 aliphatic rings. The first-order chi connectivity index (χ1) is 12.2. The third kappa shape index (κ3) is 4.43. The predicted octanol–water partition coefficient (Wildman–Crippen LogP) is 2.57. The molecule has 0 aliphatic carbocycles. The highest BCUT2D eigenvalue weighted by Gasteiger charge is 2.20. The molecular formula is C16H12ClF2NO5S. The Morgan fingerprint density at radius 1 is 1.12 bits per heavy atom. The Hall–Kier alpha value is -2.36. The summed E-state index contributed by atoms with van der Waals surface area (Å²) in [5, 5.41) is -0.0784. The molecule has 0 saturated heterocycles. The van der Waals surface area contributed by atoms with Crippen LogP contribution in [0.15, 0.2) is 41.3 Å². The number of carbonyl (C=O) groups is 2. The third-order valence-corrected chi connectivity index (χ3v) is 5.05. The van der Waals surface area contributed by atoms with Crippen molar-refractivity contribution in [2.75, 3.05) is 13.7 Å². The van der Waals surface area contributed by atoms with E-state index >= 15 is 0 Å². The first-order valence-electron chi connectivity index (χ1n) is 7.04. The lowest BCUT2D eigenvalue weighted by atomic mass is 10.1. The van der Waals surface area contributed by atoms with Gasteiger partial charge in [-0.05, 0) is 43.4 Å². The highest BCUT2D eigenvalue weighted by atomic mass is 35.5. The Balaban J connectivity index is 2.16. The van der Waals surface area contributed by atoms with Crippen LogP contribution >= 0.6 is 11.6 Å². The minimum atomic E-state index is -3.81. The fourth-order valence-corrected chi connectivity index (χ4v) is 2.86. The maximum atomic E-state index is 13.1. The molecule has 26 heavy (non-hydrogen) atoms. The molecule has 2 rings (SSSR count). The van der Waals surface area contributed by atoms with E-state index in [4.69, 9.17) is 16.3 Å².